The van der Waals surface area contributed by atoms with Gasteiger partial charge in [-0.15, -0.1) is 0 Å². The molecule has 2 heterocycles. The van der Waals surface area contributed by atoms with Crippen molar-refractivity contribution >= 4 is 29.8 Å². The van der Waals surface area contributed by atoms with E-state index in [1.54, 1.807) is 14.0 Å². The monoisotopic (exact) mass is 772 g/mol. The normalized spacial score (nSPS) is 33.6. The Morgan fingerprint density at radius 2 is 1.11 bits per heavy atom. The summed E-state index contributed by atoms with van der Waals surface area (Å²) >= 11 is 0. The number of carboxylic acid groups (broad SMARTS) is 5. The number of carboxylic acids is 5. The summed E-state index contributed by atoms with van der Waals surface area (Å²) in [5, 5.41) is 82.8. The van der Waals surface area contributed by atoms with E-state index < -0.39 is 90.6 Å². The molecule has 13 atom stereocenters. The molecule has 0 aromatic heterocycles. The molecule has 2 saturated heterocycles. The molecule has 314 valence electrons. The molecular weight excluding hydrogens is 714 g/mol. The van der Waals surface area contributed by atoms with Gasteiger partial charge < -0.3 is 112 Å². The Morgan fingerprint density at radius 3 is 1.47 bits per heavy atom. The van der Waals surface area contributed by atoms with Crippen LogP contribution in [0.5, 0.6) is 0 Å². The number of ether oxygens (including phenoxy) is 4. The van der Waals surface area contributed by atoms with E-state index in [-0.39, 0.29) is 24.8 Å². The number of carbonyl (C=O) groups excluding carboxylic acids is 5. The lowest BCUT2D eigenvalue weighted by atomic mass is 9.84. The van der Waals surface area contributed by atoms with Crippen molar-refractivity contribution < 1.29 is 83.8 Å². The van der Waals surface area contributed by atoms with Crippen LogP contribution in [0.1, 0.15) is 67.7 Å². The van der Waals surface area contributed by atoms with Crippen LogP contribution in [0.4, 0.5) is 0 Å². The van der Waals surface area contributed by atoms with Gasteiger partial charge in [-0.25, -0.2) is 0 Å². The third-order valence-corrected chi connectivity index (χ3v) is 7.24. The fraction of sp³-hybridized carbons (Fsp3) is 0.839. The summed E-state index contributed by atoms with van der Waals surface area (Å²) in [5.74, 6) is -5.42. The van der Waals surface area contributed by atoms with Crippen LogP contribution in [0.15, 0.2) is 0 Å². The van der Waals surface area contributed by atoms with Crippen LogP contribution in [-0.4, -0.2) is 145 Å². The highest BCUT2D eigenvalue weighted by Gasteiger charge is 2.51. The number of aliphatic hydroxyl groups is 3. The lowest BCUT2D eigenvalue weighted by molar-refractivity contribution is -0.307. The summed E-state index contributed by atoms with van der Waals surface area (Å²) in [5.41, 5.74) is 17.5. The van der Waals surface area contributed by atoms with Crippen molar-refractivity contribution in [3.63, 3.8) is 0 Å². The summed E-state index contributed by atoms with van der Waals surface area (Å²) < 4.78 is 23.7. The van der Waals surface area contributed by atoms with Gasteiger partial charge in [-0.05, 0) is 81.8 Å². The molecule has 0 spiro atoms. The average molecular weight is 773 g/mol. The smallest absolute Gasteiger partial charge is 0.185 e. The van der Waals surface area contributed by atoms with Gasteiger partial charge in [0, 0.05) is 48.0 Å². The predicted octanol–water partition coefficient (Wildman–Crippen LogP) is -9.55. The molecule has 2 aliphatic heterocycles. The Bertz CT molecular complexity index is 998. The molecule has 0 amide bonds. The quantitative estimate of drug-likeness (QED) is 0.119. The van der Waals surface area contributed by atoms with Gasteiger partial charge in [-0.1, -0.05) is 0 Å². The van der Waals surface area contributed by atoms with E-state index in [1.165, 1.54) is 0 Å². The molecule has 3 fully saturated rings. The van der Waals surface area contributed by atoms with Gasteiger partial charge in [0.25, 0.3) is 0 Å². The summed E-state index contributed by atoms with van der Waals surface area (Å²) in [6.07, 6.45) is -4.22. The van der Waals surface area contributed by atoms with Gasteiger partial charge in [0.2, 0.25) is 0 Å². The molecule has 22 nitrogen and oxygen atoms in total. The number of hydrogen-bond acceptors (Lipinski definition) is 22. The van der Waals surface area contributed by atoms with Gasteiger partial charge in [0.05, 0.1) is 24.8 Å². The molecule has 0 aromatic carbocycles. The minimum absolute atomic E-state index is 0.0620. The minimum atomic E-state index is -1.29. The third-order valence-electron chi connectivity index (χ3n) is 7.24. The fourth-order valence-corrected chi connectivity index (χ4v) is 5.04. The Labute approximate surface area is 308 Å². The third kappa shape index (κ3) is 24.7. The highest BCUT2D eigenvalue weighted by atomic mass is 16.7. The molecule has 0 aromatic rings. The van der Waals surface area contributed by atoms with Crippen molar-refractivity contribution in [1.29, 1.82) is 0 Å². The molecule has 0 bridgehead atoms. The van der Waals surface area contributed by atoms with Crippen molar-refractivity contribution in [2.24, 2.45) is 17.2 Å². The van der Waals surface area contributed by atoms with E-state index in [1.807, 2.05) is 14.0 Å². The second kappa shape index (κ2) is 27.5. The molecule has 11 N–H and O–H groups in total. The topological polar surface area (TPSA) is 400 Å². The van der Waals surface area contributed by atoms with Crippen molar-refractivity contribution in [1.82, 2.24) is 10.6 Å². The standard InChI is InChI=1S/C21H43N5O7.5C2H4O2/c1-9(25-3)13-6-5-10(22)19(31-13)32-16-11(23)7-12(24)17(14(16)27)33-20-15(28)18(26-4)21(2,29)8-30-20;5*1-2(3)4/h9-20,25-29H,5-8,22-24H2,1-4H3;5*1H3,(H,3,4)/p-5. The first-order valence-corrected chi connectivity index (χ1v) is 16.3. The minimum Gasteiger partial charge on any atom is -0.550 e. The van der Waals surface area contributed by atoms with Crippen LogP contribution in [0.2, 0.25) is 0 Å². The van der Waals surface area contributed by atoms with Crippen LogP contribution in [0.25, 0.3) is 0 Å². The van der Waals surface area contributed by atoms with Crippen molar-refractivity contribution in [2.45, 2.75) is 147 Å². The number of nitrogens with two attached hydrogens (primary N) is 3. The largest absolute Gasteiger partial charge is 0.550 e. The first-order valence-electron chi connectivity index (χ1n) is 16.3. The SMILES string of the molecule is CC(=O)[O-].CC(=O)[O-].CC(=O)[O-].CC(=O)[O-].CC(=O)[O-].CNC(C)C1CCC(N)C(OC2C(N)CC(N)C(OC3OCC(C)(O)C(NC)C3O)C2O)O1. The molecule has 3 rings (SSSR count). The zero-order valence-corrected chi connectivity index (χ0v) is 31.5. The Kier molecular flexibility index (Phi) is 28.1. The Balaban J connectivity index is -0.00000103. The first-order chi connectivity index (χ1) is 24.2. The maximum absolute atomic E-state index is 11.1. The van der Waals surface area contributed by atoms with Crippen LogP contribution >= 0.6 is 0 Å². The highest BCUT2D eigenvalue weighted by molar-refractivity contribution is 5.61. The number of carbonyl (C=O) groups is 5. The summed E-state index contributed by atoms with van der Waals surface area (Å²) in [7, 11) is 3.49. The second-order valence-corrected chi connectivity index (χ2v) is 12.4. The maximum Gasteiger partial charge on any atom is 0.185 e. The number of likely N-dealkylation sites (N-methyl/N-ethyl adjacent to an activating group) is 2. The molecule has 22 heteroatoms. The highest BCUT2D eigenvalue weighted by Crippen LogP contribution is 2.31. The van der Waals surface area contributed by atoms with E-state index in [0.29, 0.717) is 12.8 Å². The molecule has 53 heavy (non-hydrogen) atoms. The fourth-order valence-electron chi connectivity index (χ4n) is 5.04. The van der Waals surface area contributed by atoms with Crippen LogP contribution < -0.4 is 53.4 Å². The van der Waals surface area contributed by atoms with E-state index in [4.69, 9.17) is 85.7 Å². The summed E-state index contributed by atoms with van der Waals surface area (Å²) in [6, 6.07) is -2.11. The van der Waals surface area contributed by atoms with E-state index in [2.05, 4.69) is 10.6 Å². The molecule has 3 aliphatic rings. The zero-order valence-electron chi connectivity index (χ0n) is 31.5. The predicted molar refractivity (Wildman–Crippen MR) is 173 cm³/mol. The van der Waals surface area contributed by atoms with Gasteiger partial charge >= 0.3 is 0 Å². The van der Waals surface area contributed by atoms with Crippen molar-refractivity contribution in [2.75, 3.05) is 20.7 Å². The lowest BCUT2D eigenvalue weighted by Crippen LogP contribution is -2.68. The van der Waals surface area contributed by atoms with E-state index in [0.717, 1.165) is 41.0 Å². The maximum atomic E-state index is 11.1. The molecule has 0 radical (unpaired) electrons. The van der Waals surface area contributed by atoms with Crippen molar-refractivity contribution in [3.05, 3.63) is 0 Å². The van der Waals surface area contributed by atoms with Gasteiger partial charge in [-0.2, -0.15) is 0 Å². The van der Waals surface area contributed by atoms with Crippen LogP contribution in [-0.2, 0) is 42.9 Å². The lowest BCUT2D eigenvalue weighted by Gasteiger charge is -2.48. The first kappa shape index (κ1) is 54.2. The molecule has 13 unspecified atom stereocenters. The second-order valence-electron chi connectivity index (χ2n) is 12.4. The summed E-state index contributed by atoms with van der Waals surface area (Å²) in [4.78, 5) is 44.4. The van der Waals surface area contributed by atoms with E-state index >= 15 is 0 Å². The number of rotatable bonds is 7. The van der Waals surface area contributed by atoms with Gasteiger partial charge in [-0.3, -0.25) is 0 Å². The molecular formula is C31H58N5O17-5. The van der Waals surface area contributed by atoms with Gasteiger partial charge in [0.1, 0.15) is 30.0 Å². The van der Waals surface area contributed by atoms with Crippen LogP contribution in [0.3, 0.4) is 0 Å². The molecule has 1 saturated carbocycles. The molecule has 1 aliphatic carbocycles. The zero-order chi connectivity index (χ0) is 42.4. The van der Waals surface area contributed by atoms with Crippen molar-refractivity contribution in [3.8, 4) is 0 Å². The number of aliphatic hydroxyl groups excluding tert-OH is 2. The number of aliphatic carboxylic acids is 5. The Hall–Kier alpha value is -3.13. The van der Waals surface area contributed by atoms with Gasteiger partial charge in [0.15, 0.2) is 12.6 Å². The average Bonchev–Trinajstić information content (AvgIpc) is 2.97. The number of hydrogen-bond donors (Lipinski definition) is 8. The van der Waals surface area contributed by atoms with E-state index in [9.17, 15) is 15.3 Å². The van der Waals surface area contributed by atoms with Crippen LogP contribution in [0, 0.1) is 0 Å². The Morgan fingerprint density at radius 1 is 0.736 bits per heavy atom. The summed E-state index contributed by atoms with van der Waals surface area (Å²) in [6.45, 7) is 8.38. The number of nitrogens with one attached hydrogen (secondary N) is 2.